The minimum atomic E-state index is -3.71. The first-order valence-electron chi connectivity index (χ1n) is 10.7. The number of rotatable bonds is 9. The molecule has 2 rings (SSSR count). The van der Waals surface area contributed by atoms with Gasteiger partial charge in [-0.3, -0.25) is 9.59 Å². The number of carbonyl (C=O) groups is 2. The van der Waals surface area contributed by atoms with Crippen molar-refractivity contribution in [2.75, 3.05) is 40.4 Å². The SMILES string of the molecule is COC(=O)CCN(CC(C)C)C(=O)c1cc(S(=O)(=O)N2CCCCCC2)ccc1OC. The van der Waals surface area contributed by atoms with Crippen LogP contribution in [0.1, 0.15) is 56.3 Å². The second-order valence-corrected chi connectivity index (χ2v) is 10.1. The third-order valence-electron chi connectivity index (χ3n) is 5.29. The topological polar surface area (TPSA) is 93.2 Å². The number of hydrogen-bond donors (Lipinski definition) is 0. The Hall–Kier alpha value is -2.13. The highest BCUT2D eigenvalue weighted by Crippen LogP contribution is 2.27. The predicted octanol–water partition coefficient (Wildman–Crippen LogP) is 2.92. The number of carbonyl (C=O) groups excluding carboxylic acids is 2. The average Bonchev–Trinajstić information content (AvgIpc) is 3.05. The summed E-state index contributed by atoms with van der Waals surface area (Å²) in [7, 11) is -0.968. The van der Waals surface area contributed by atoms with Gasteiger partial charge in [-0.2, -0.15) is 4.31 Å². The van der Waals surface area contributed by atoms with E-state index in [0.29, 0.717) is 25.4 Å². The van der Waals surface area contributed by atoms with E-state index < -0.39 is 16.0 Å². The Labute approximate surface area is 185 Å². The molecule has 0 radical (unpaired) electrons. The number of hydrogen-bond acceptors (Lipinski definition) is 6. The van der Waals surface area contributed by atoms with Gasteiger partial charge in [0.05, 0.1) is 31.1 Å². The van der Waals surface area contributed by atoms with Crippen LogP contribution >= 0.6 is 0 Å². The van der Waals surface area contributed by atoms with E-state index in [4.69, 9.17) is 9.47 Å². The molecule has 0 bridgehead atoms. The molecule has 8 nitrogen and oxygen atoms in total. The van der Waals surface area contributed by atoms with Crippen molar-refractivity contribution in [3.63, 3.8) is 0 Å². The summed E-state index contributed by atoms with van der Waals surface area (Å²) >= 11 is 0. The highest BCUT2D eigenvalue weighted by molar-refractivity contribution is 7.89. The lowest BCUT2D eigenvalue weighted by molar-refractivity contribution is -0.140. The molecule has 1 heterocycles. The van der Waals surface area contributed by atoms with Crippen LogP contribution in [0.2, 0.25) is 0 Å². The maximum Gasteiger partial charge on any atom is 0.307 e. The van der Waals surface area contributed by atoms with E-state index in [1.165, 1.54) is 36.7 Å². The van der Waals surface area contributed by atoms with Crippen molar-refractivity contribution in [3.8, 4) is 5.75 Å². The molecule has 1 aromatic rings. The van der Waals surface area contributed by atoms with Crippen LogP contribution in [-0.4, -0.2) is 69.9 Å². The Balaban J connectivity index is 2.38. The second kappa shape index (κ2) is 11.5. The van der Waals surface area contributed by atoms with Gasteiger partial charge in [0.15, 0.2) is 0 Å². The Morgan fingerprint density at radius 1 is 1.10 bits per heavy atom. The fourth-order valence-electron chi connectivity index (χ4n) is 3.66. The molecule has 0 N–H and O–H groups in total. The molecule has 0 unspecified atom stereocenters. The van der Waals surface area contributed by atoms with Gasteiger partial charge in [0.1, 0.15) is 5.75 Å². The summed E-state index contributed by atoms with van der Waals surface area (Å²) in [6.45, 7) is 5.50. The van der Waals surface area contributed by atoms with Gasteiger partial charge in [0.25, 0.3) is 5.91 Å². The molecule has 0 aromatic heterocycles. The molecule has 31 heavy (non-hydrogen) atoms. The standard InChI is InChI=1S/C22H34N2O6S/c1-17(2)16-23(14-11-21(25)30-4)22(26)19-15-18(9-10-20(19)29-3)31(27,28)24-12-7-5-6-8-13-24/h9-10,15,17H,5-8,11-14,16H2,1-4H3. The van der Waals surface area contributed by atoms with E-state index >= 15 is 0 Å². The number of nitrogens with zero attached hydrogens (tertiary/aromatic N) is 2. The van der Waals surface area contributed by atoms with Crippen LogP contribution in [0.25, 0.3) is 0 Å². The van der Waals surface area contributed by atoms with Crippen LogP contribution < -0.4 is 4.74 Å². The Morgan fingerprint density at radius 3 is 2.29 bits per heavy atom. The largest absolute Gasteiger partial charge is 0.496 e. The van der Waals surface area contributed by atoms with Crippen molar-refractivity contribution in [3.05, 3.63) is 23.8 Å². The molecular formula is C22H34N2O6S. The third-order valence-corrected chi connectivity index (χ3v) is 7.19. The summed E-state index contributed by atoms with van der Waals surface area (Å²) in [5, 5.41) is 0. The maximum atomic E-state index is 13.4. The summed E-state index contributed by atoms with van der Waals surface area (Å²) in [6.07, 6.45) is 3.75. The number of sulfonamides is 1. The highest BCUT2D eigenvalue weighted by atomic mass is 32.2. The molecule has 0 aliphatic carbocycles. The number of ether oxygens (including phenoxy) is 2. The first kappa shape index (κ1) is 25.1. The molecule has 1 aliphatic heterocycles. The summed E-state index contributed by atoms with van der Waals surface area (Å²) in [6, 6.07) is 4.40. The average molecular weight is 455 g/mol. The minimum absolute atomic E-state index is 0.0586. The molecule has 1 aliphatic rings. The number of methoxy groups -OCH3 is 2. The van der Waals surface area contributed by atoms with Crippen molar-refractivity contribution >= 4 is 21.9 Å². The third kappa shape index (κ3) is 6.67. The van der Waals surface area contributed by atoms with Crippen molar-refractivity contribution in [2.24, 2.45) is 5.92 Å². The van der Waals surface area contributed by atoms with Crippen LogP contribution in [0.5, 0.6) is 5.75 Å². The fourth-order valence-corrected chi connectivity index (χ4v) is 5.20. The second-order valence-electron chi connectivity index (χ2n) is 8.15. The van der Waals surface area contributed by atoms with Gasteiger partial charge in [0.2, 0.25) is 10.0 Å². The fraction of sp³-hybridized carbons (Fsp3) is 0.636. The Morgan fingerprint density at radius 2 is 1.74 bits per heavy atom. The quantitative estimate of drug-likeness (QED) is 0.533. The van der Waals surface area contributed by atoms with Crippen molar-refractivity contribution < 1.29 is 27.5 Å². The number of amides is 1. The van der Waals surface area contributed by atoms with Crippen molar-refractivity contribution in [2.45, 2.75) is 50.8 Å². The smallest absolute Gasteiger partial charge is 0.307 e. The van der Waals surface area contributed by atoms with Crippen LogP contribution in [0.3, 0.4) is 0 Å². The Bertz CT molecular complexity index is 861. The zero-order chi connectivity index (χ0) is 23.0. The van der Waals surface area contributed by atoms with Crippen LogP contribution in [0.15, 0.2) is 23.1 Å². The van der Waals surface area contributed by atoms with Gasteiger partial charge < -0.3 is 14.4 Å². The van der Waals surface area contributed by atoms with Crippen molar-refractivity contribution in [1.82, 2.24) is 9.21 Å². The normalized spacial score (nSPS) is 15.4. The van der Waals surface area contributed by atoms with Gasteiger partial charge in [-0.15, -0.1) is 0 Å². The van der Waals surface area contributed by atoms with E-state index in [9.17, 15) is 18.0 Å². The maximum absolute atomic E-state index is 13.4. The zero-order valence-corrected chi connectivity index (χ0v) is 19.7. The van der Waals surface area contributed by atoms with Gasteiger partial charge in [-0.25, -0.2) is 8.42 Å². The Kier molecular flexibility index (Phi) is 9.31. The van der Waals surface area contributed by atoms with E-state index in [2.05, 4.69) is 0 Å². The molecule has 1 amide bonds. The highest BCUT2D eigenvalue weighted by Gasteiger charge is 2.28. The molecule has 9 heteroatoms. The summed E-state index contributed by atoms with van der Waals surface area (Å²) in [5.74, 6) is -0.323. The lowest BCUT2D eigenvalue weighted by Gasteiger charge is -2.26. The van der Waals surface area contributed by atoms with Gasteiger partial charge >= 0.3 is 5.97 Å². The van der Waals surface area contributed by atoms with Crippen LogP contribution in [-0.2, 0) is 19.6 Å². The molecule has 1 aromatic carbocycles. The van der Waals surface area contributed by atoms with Gasteiger partial charge in [-0.1, -0.05) is 26.7 Å². The summed E-state index contributed by atoms with van der Waals surface area (Å²) in [4.78, 5) is 26.6. The zero-order valence-electron chi connectivity index (χ0n) is 18.9. The first-order chi connectivity index (χ1) is 14.7. The van der Waals surface area contributed by atoms with E-state index in [0.717, 1.165) is 25.7 Å². The molecule has 0 saturated carbocycles. The molecular weight excluding hydrogens is 420 g/mol. The summed E-state index contributed by atoms with van der Waals surface area (Å²) < 4.78 is 38.0. The lowest BCUT2D eigenvalue weighted by atomic mass is 10.1. The van der Waals surface area contributed by atoms with E-state index in [1.54, 1.807) is 4.90 Å². The van der Waals surface area contributed by atoms with E-state index in [-0.39, 0.29) is 35.2 Å². The number of esters is 1. The van der Waals surface area contributed by atoms with Crippen LogP contribution in [0.4, 0.5) is 0 Å². The number of benzene rings is 1. The molecule has 174 valence electrons. The van der Waals surface area contributed by atoms with Crippen LogP contribution in [0, 0.1) is 5.92 Å². The minimum Gasteiger partial charge on any atom is -0.496 e. The molecule has 1 saturated heterocycles. The van der Waals surface area contributed by atoms with Gasteiger partial charge in [0, 0.05) is 26.2 Å². The van der Waals surface area contributed by atoms with Gasteiger partial charge in [-0.05, 0) is 37.0 Å². The predicted molar refractivity (Wildman–Crippen MR) is 118 cm³/mol. The first-order valence-corrected chi connectivity index (χ1v) is 12.2. The van der Waals surface area contributed by atoms with E-state index in [1.807, 2.05) is 13.8 Å². The molecule has 0 atom stereocenters. The summed E-state index contributed by atoms with van der Waals surface area (Å²) in [5.41, 5.74) is 0.170. The molecule has 0 spiro atoms. The monoisotopic (exact) mass is 454 g/mol. The molecule has 1 fully saturated rings. The van der Waals surface area contributed by atoms with Crippen molar-refractivity contribution in [1.29, 1.82) is 0 Å². The lowest BCUT2D eigenvalue weighted by Crippen LogP contribution is -2.36.